The Hall–Kier alpha value is -0.0800. The quantitative estimate of drug-likeness (QED) is 0.632. The molecule has 2 nitrogen and oxygen atoms in total. The van der Waals surface area contributed by atoms with Crippen LogP contribution in [0.25, 0.3) is 0 Å². The van der Waals surface area contributed by atoms with E-state index in [2.05, 4.69) is 31.0 Å². The highest BCUT2D eigenvalue weighted by molar-refractivity contribution is 4.73. The lowest BCUT2D eigenvalue weighted by Crippen LogP contribution is -2.41. The molecule has 1 aliphatic heterocycles. The van der Waals surface area contributed by atoms with E-state index < -0.39 is 0 Å². The Morgan fingerprint density at radius 3 is 2.83 bits per heavy atom. The van der Waals surface area contributed by atoms with Crippen molar-refractivity contribution in [3.63, 3.8) is 0 Å². The molecule has 0 aromatic heterocycles. The van der Waals surface area contributed by atoms with Gasteiger partial charge in [0.05, 0.1) is 0 Å². The lowest BCUT2D eigenvalue weighted by atomic mass is 9.96. The van der Waals surface area contributed by atoms with Crippen molar-refractivity contribution in [3.05, 3.63) is 0 Å². The second-order valence-electron chi connectivity index (χ2n) is 6.07. The van der Waals surface area contributed by atoms with E-state index in [0.717, 1.165) is 5.92 Å². The molecule has 2 unspecified atom stereocenters. The summed E-state index contributed by atoms with van der Waals surface area (Å²) in [6, 6.07) is 0.698. The minimum absolute atomic E-state index is 0.698. The molecule has 0 aliphatic carbocycles. The molecule has 1 aliphatic rings. The zero-order chi connectivity index (χ0) is 13.2. The molecule has 1 heterocycles. The summed E-state index contributed by atoms with van der Waals surface area (Å²) in [5, 5.41) is 3.68. The zero-order valence-corrected chi connectivity index (χ0v) is 12.9. The fourth-order valence-corrected chi connectivity index (χ4v) is 2.96. The first-order valence-corrected chi connectivity index (χ1v) is 8.22. The Kier molecular flexibility index (Phi) is 8.70. The number of hydrogen-bond donors (Lipinski definition) is 1. The third-order valence-corrected chi connectivity index (χ3v) is 4.34. The molecule has 1 saturated heterocycles. The van der Waals surface area contributed by atoms with Crippen LogP contribution in [0, 0.1) is 5.92 Å². The molecular formula is C16H34N2. The highest BCUT2D eigenvalue weighted by Crippen LogP contribution is 2.18. The number of unbranched alkanes of at least 4 members (excludes halogenated alkanes) is 2. The van der Waals surface area contributed by atoms with E-state index in [-0.39, 0.29) is 0 Å². The van der Waals surface area contributed by atoms with Gasteiger partial charge >= 0.3 is 0 Å². The summed E-state index contributed by atoms with van der Waals surface area (Å²) in [6.45, 7) is 12.0. The number of likely N-dealkylation sites (tertiary alicyclic amines) is 1. The van der Waals surface area contributed by atoms with Crippen LogP contribution in [0.2, 0.25) is 0 Å². The predicted molar refractivity (Wildman–Crippen MR) is 81.1 cm³/mol. The van der Waals surface area contributed by atoms with E-state index >= 15 is 0 Å². The van der Waals surface area contributed by atoms with E-state index in [4.69, 9.17) is 0 Å². The number of rotatable bonds is 9. The monoisotopic (exact) mass is 254 g/mol. The molecule has 18 heavy (non-hydrogen) atoms. The van der Waals surface area contributed by atoms with Gasteiger partial charge in [0, 0.05) is 25.7 Å². The summed E-state index contributed by atoms with van der Waals surface area (Å²) in [5.74, 6) is 0.959. The van der Waals surface area contributed by atoms with Crippen LogP contribution in [0.15, 0.2) is 0 Å². The average Bonchev–Trinajstić information content (AvgIpc) is 2.39. The highest BCUT2D eigenvalue weighted by atomic mass is 15.1. The van der Waals surface area contributed by atoms with E-state index in [9.17, 15) is 0 Å². The molecule has 0 aromatic rings. The standard InChI is InChI=1S/C16H34N2/c1-4-6-7-9-15(3)17-11-13-18-12-8-10-16(5-2)14-18/h15-17H,4-14H2,1-3H3. The molecule has 0 bridgehead atoms. The van der Waals surface area contributed by atoms with Gasteiger partial charge < -0.3 is 10.2 Å². The smallest absolute Gasteiger partial charge is 0.0107 e. The maximum atomic E-state index is 3.68. The van der Waals surface area contributed by atoms with Crippen molar-refractivity contribution < 1.29 is 0 Å². The van der Waals surface area contributed by atoms with Crippen molar-refractivity contribution in [2.45, 2.75) is 71.8 Å². The van der Waals surface area contributed by atoms with Gasteiger partial charge in [0.2, 0.25) is 0 Å². The number of hydrogen-bond acceptors (Lipinski definition) is 2. The number of piperidine rings is 1. The zero-order valence-electron chi connectivity index (χ0n) is 12.9. The third kappa shape index (κ3) is 6.75. The molecule has 2 atom stereocenters. The van der Waals surface area contributed by atoms with Crippen LogP contribution in [0.4, 0.5) is 0 Å². The van der Waals surface area contributed by atoms with Crippen molar-refractivity contribution >= 4 is 0 Å². The van der Waals surface area contributed by atoms with Crippen LogP contribution in [0.3, 0.4) is 0 Å². The first-order chi connectivity index (χ1) is 8.76. The van der Waals surface area contributed by atoms with Gasteiger partial charge in [0.25, 0.3) is 0 Å². The van der Waals surface area contributed by atoms with Gasteiger partial charge in [0.15, 0.2) is 0 Å². The van der Waals surface area contributed by atoms with Gasteiger partial charge in [-0.1, -0.05) is 39.5 Å². The summed E-state index contributed by atoms with van der Waals surface area (Å²) in [7, 11) is 0. The van der Waals surface area contributed by atoms with Crippen LogP contribution in [0.1, 0.15) is 65.7 Å². The topological polar surface area (TPSA) is 15.3 Å². The van der Waals surface area contributed by atoms with E-state index in [0.29, 0.717) is 6.04 Å². The average molecular weight is 254 g/mol. The largest absolute Gasteiger partial charge is 0.313 e. The van der Waals surface area contributed by atoms with Gasteiger partial charge in [-0.15, -0.1) is 0 Å². The van der Waals surface area contributed by atoms with Gasteiger partial charge in [-0.3, -0.25) is 0 Å². The molecule has 0 amide bonds. The van der Waals surface area contributed by atoms with Crippen LogP contribution in [0.5, 0.6) is 0 Å². The minimum atomic E-state index is 0.698. The maximum Gasteiger partial charge on any atom is 0.0107 e. The Morgan fingerprint density at radius 1 is 1.28 bits per heavy atom. The lowest BCUT2D eigenvalue weighted by molar-refractivity contribution is 0.171. The van der Waals surface area contributed by atoms with Crippen LogP contribution < -0.4 is 5.32 Å². The minimum Gasteiger partial charge on any atom is -0.313 e. The Balaban J connectivity index is 2.02. The molecular weight excluding hydrogens is 220 g/mol. The van der Waals surface area contributed by atoms with Crippen molar-refractivity contribution in [2.24, 2.45) is 5.92 Å². The van der Waals surface area contributed by atoms with Crippen molar-refractivity contribution in [1.82, 2.24) is 10.2 Å². The molecule has 108 valence electrons. The fraction of sp³-hybridized carbons (Fsp3) is 1.00. The van der Waals surface area contributed by atoms with Crippen molar-refractivity contribution in [2.75, 3.05) is 26.2 Å². The lowest BCUT2D eigenvalue weighted by Gasteiger charge is -2.32. The fourth-order valence-electron chi connectivity index (χ4n) is 2.96. The number of nitrogens with one attached hydrogen (secondary N) is 1. The van der Waals surface area contributed by atoms with E-state index in [1.165, 1.54) is 71.1 Å². The van der Waals surface area contributed by atoms with Crippen molar-refractivity contribution in [1.29, 1.82) is 0 Å². The second kappa shape index (κ2) is 9.80. The Labute approximate surface area is 115 Å². The molecule has 0 aromatic carbocycles. The summed E-state index contributed by atoms with van der Waals surface area (Å²) in [6.07, 6.45) is 9.66. The Morgan fingerprint density at radius 2 is 2.11 bits per heavy atom. The van der Waals surface area contributed by atoms with E-state index in [1.54, 1.807) is 0 Å². The van der Waals surface area contributed by atoms with E-state index in [1.807, 2.05) is 0 Å². The van der Waals surface area contributed by atoms with Gasteiger partial charge in [-0.25, -0.2) is 0 Å². The maximum absolute atomic E-state index is 3.68. The second-order valence-corrected chi connectivity index (χ2v) is 6.07. The van der Waals surface area contributed by atoms with Gasteiger partial charge in [-0.2, -0.15) is 0 Å². The van der Waals surface area contributed by atoms with Gasteiger partial charge in [-0.05, 0) is 38.6 Å². The summed E-state index contributed by atoms with van der Waals surface area (Å²) < 4.78 is 0. The van der Waals surface area contributed by atoms with Crippen LogP contribution in [-0.2, 0) is 0 Å². The first-order valence-electron chi connectivity index (χ1n) is 8.22. The molecule has 1 rings (SSSR count). The first kappa shape index (κ1) is 16.0. The molecule has 2 heteroatoms. The Bertz CT molecular complexity index is 194. The molecule has 0 spiro atoms. The summed E-state index contributed by atoms with van der Waals surface area (Å²) in [4.78, 5) is 2.66. The number of nitrogens with zero attached hydrogens (tertiary/aromatic N) is 1. The summed E-state index contributed by atoms with van der Waals surface area (Å²) in [5.41, 5.74) is 0. The summed E-state index contributed by atoms with van der Waals surface area (Å²) >= 11 is 0. The molecule has 0 saturated carbocycles. The third-order valence-electron chi connectivity index (χ3n) is 4.34. The van der Waals surface area contributed by atoms with Crippen LogP contribution in [-0.4, -0.2) is 37.1 Å². The predicted octanol–water partition coefficient (Wildman–Crippen LogP) is 3.67. The highest BCUT2D eigenvalue weighted by Gasteiger charge is 2.17. The van der Waals surface area contributed by atoms with Crippen LogP contribution >= 0.6 is 0 Å². The SMILES string of the molecule is CCCCCC(C)NCCN1CCCC(CC)C1. The molecule has 1 fully saturated rings. The normalized spacial score (nSPS) is 23.2. The van der Waals surface area contributed by atoms with Crippen molar-refractivity contribution in [3.8, 4) is 0 Å². The molecule has 1 N–H and O–H groups in total. The molecule has 0 radical (unpaired) electrons. The van der Waals surface area contributed by atoms with Gasteiger partial charge in [0.1, 0.15) is 0 Å².